The van der Waals surface area contributed by atoms with Crippen LogP contribution in [-0.2, 0) is 19.1 Å². The molecule has 0 bridgehead atoms. The van der Waals surface area contributed by atoms with Crippen molar-refractivity contribution in [3.05, 3.63) is 44.7 Å². The number of methoxy groups -OCH3 is 1. The number of carboxylic acid groups (broad SMARTS) is 1. The number of carbonyl (C=O) groups is 3. The van der Waals surface area contributed by atoms with E-state index in [-0.39, 0.29) is 29.3 Å². The number of ketones is 1. The highest BCUT2D eigenvalue weighted by molar-refractivity contribution is 9.10. The Bertz CT molecular complexity index is 1070. The van der Waals surface area contributed by atoms with Gasteiger partial charge in [0.05, 0.1) is 23.8 Å². The zero-order chi connectivity index (χ0) is 24.5. The number of carboxylic acids is 1. The molecule has 178 valence electrons. The number of aliphatic carboxylic acids is 1. The van der Waals surface area contributed by atoms with Gasteiger partial charge in [-0.25, -0.2) is 9.59 Å². The topological polar surface area (TPSA) is 111 Å². The van der Waals surface area contributed by atoms with E-state index < -0.39 is 24.5 Å². The van der Waals surface area contributed by atoms with Crippen LogP contribution in [0.15, 0.2) is 39.1 Å². The second-order valence-electron chi connectivity index (χ2n) is 8.87. The number of hydrogen-bond acceptors (Lipinski definition) is 7. The fraction of sp³-hybridized carbons (Fsp3) is 0.458. The van der Waals surface area contributed by atoms with Gasteiger partial charge in [-0.3, -0.25) is 4.79 Å². The monoisotopic (exact) mass is 521 g/mol. The Morgan fingerprint density at radius 2 is 1.97 bits per heavy atom. The third kappa shape index (κ3) is 5.08. The molecule has 2 N–H and O–H groups in total. The molecule has 2 aliphatic rings. The first-order chi connectivity index (χ1) is 15.5. The number of ether oxygens (including phenoxy) is 3. The lowest BCUT2D eigenvalue weighted by atomic mass is 9.68. The van der Waals surface area contributed by atoms with Gasteiger partial charge in [-0.2, -0.15) is 0 Å². The minimum atomic E-state index is -1.13. The fourth-order valence-electron chi connectivity index (χ4n) is 4.43. The van der Waals surface area contributed by atoms with Gasteiger partial charge in [-0.05, 0) is 59.3 Å². The number of halogens is 1. The molecule has 0 aromatic heterocycles. The number of allylic oxidation sites excluding steroid dienone is 3. The largest absolute Gasteiger partial charge is 0.493 e. The third-order valence-corrected chi connectivity index (χ3v) is 6.25. The lowest BCUT2D eigenvalue weighted by Crippen LogP contribution is -2.38. The fourth-order valence-corrected chi connectivity index (χ4v) is 5.00. The molecule has 1 aromatic carbocycles. The molecule has 0 radical (unpaired) electrons. The number of Topliss-reactive ketones (excluding diaryl/α,β-unsaturated/α-hetero) is 1. The first kappa shape index (κ1) is 24.8. The van der Waals surface area contributed by atoms with E-state index in [0.29, 0.717) is 39.7 Å². The Balaban J connectivity index is 2.20. The van der Waals surface area contributed by atoms with Crippen LogP contribution < -0.4 is 14.8 Å². The molecule has 1 aliphatic carbocycles. The molecule has 0 unspecified atom stereocenters. The van der Waals surface area contributed by atoms with Crippen molar-refractivity contribution in [3.8, 4) is 11.5 Å². The Hall–Kier alpha value is -2.81. The zero-order valence-corrected chi connectivity index (χ0v) is 20.9. The first-order valence-corrected chi connectivity index (χ1v) is 11.4. The van der Waals surface area contributed by atoms with Gasteiger partial charge in [0.2, 0.25) is 0 Å². The average molecular weight is 522 g/mol. The molecule has 1 heterocycles. The van der Waals surface area contributed by atoms with Crippen molar-refractivity contribution in [3.63, 3.8) is 0 Å². The molecule has 0 spiro atoms. The van der Waals surface area contributed by atoms with Crippen LogP contribution in [0.5, 0.6) is 11.5 Å². The van der Waals surface area contributed by atoms with E-state index in [2.05, 4.69) is 21.2 Å². The van der Waals surface area contributed by atoms with E-state index >= 15 is 0 Å². The van der Waals surface area contributed by atoms with Gasteiger partial charge in [-0.1, -0.05) is 13.8 Å². The summed E-state index contributed by atoms with van der Waals surface area (Å²) in [4.78, 5) is 37.3. The third-order valence-electron chi connectivity index (χ3n) is 5.66. The number of carbonyl (C=O) groups excluding carboxylic acids is 2. The molecule has 0 saturated heterocycles. The summed E-state index contributed by atoms with van der Waals surface area (Å²) in [6.45, 7) is 7.26. The summed E-state index contributed by atoms with van der Waals surface area (Å²) in [6.07, 6.45) is 1.02. The summed E-state index contributed by atoms with van der Waals surface area (Å²) < 4.78 is 16.6. The van der Waals surface area contributed by atoms with Gasteiger partial charge in [-0.15, -0.1) is 0 Å². The van der Waals surface area contributed by atoms with Gasteiger partial charge in [0, 0.05) is 29.3 Å². The Morgan fingerprint density at radius 3 is 2.58 bits per heavy atom. The van der Waals surface area contributed by atoms with Gasteiger partial charge >= 0.3 is 11.9 Å². The van der Waals surface area contributed by atoms with Crippen molar-refractivity contribution < 1.29 is 33.7 Å². The van der Waals surface area contributed by atoms with Crippen LogP contribution >= 0.6 is 15.9 Å². The van der Waals surface area contributed by atoms with Gasteiger partial charge in [0.1, 0.15) is 0 Å². The Kier molecular flexibility index (Phi) is 7.21. The molecule has 0 amide bonds. The van der Waals surface area contributed by atoms with Crippen LogP contribution in [-0.4, -0.2) is 43.2 Å². The van der Waals surface area contributed by atoms with E-state index in [1.807, 2.05) is 13.8 Å². The van der Waals surface area contributed by atoms with Crippen molar-refractivity contribution in [2.75, 3.05) is 20.3 Å². The van der Waals surface area contributed by atoms with Crippen LogP contribution in [0.1, 0.15) is 52.0 Å². The maximum Gasteiger partial charge on any atom is 0.341 e. The summed E-state index contributed by atoms with van der Waals surface area (Å²) in [5.74, 6) is -1.82. The summed E-state index contributed by atoms with van der Waals surface area (Å²) in [5.41, 5.74) is 2.75. The molecule has 33 heavy (non-hydrogen) atoms. The number of dihydropyridines is 1. The van der Waals surface area contributed by atoms with Crippen molar-refractivity contribution in [1.82, 2.24) is 5.32 Å². The molecule has 8 nitrogen and oxygen atoms in total. The highest BCUT2D eigenvalue weighted by Crippen LogP contribution is 2.49. The van der Waals surface area contributed by atoms with Crippen molar-refractivity contribution in [2.45, 2.75) is 46.5 Å². The smallest absolute Gasteiger partial charge is 0.341 e. The summed E-state index contributed by atoms with van der Waals surface area (Å²) in [6, 6.07) is 3.39. The number of rotatable bonds is 7. The predicted molar refractivity (Wildman–Crippen MR) is 124 cm³/mol. The molecule has 0 saturated carbocycles. The van der Waals surface area contributed by atoms with Crippen molar-refractivity contribution in [1.29, 1.82) is 0 Å². The minimum Gasteiger partial charge on any atom is -0.493 e. The number of hydrogen-bond donors (Lipinski definition) is 2. The zero-order valence-electron chi connectivity index (χ0n) is 19.3. The molecule has 9 heteroatoms. The molecule has 3 rings (SSSR count). The molecule has 1 atom stereocenters. The van der Waals surface area contributed by atoms with Crippen LogP contribution in [0.2, 0.25) is 0 Å². The van der Waals surface area contributed by atoms with E-state index in [4.69, 9.17) is 19.3 Å². The lowest BCUT2D eigenvalue weighted by molar-refractivity contribution is -0.140. The van der Waals surface area contributed by atoms with Gasteiger partial charge < -0.3 is 24.6 Å². The SMILES string of the molecule is CCOC(=O)C1=C(C)NC2=C(C(=O)CC(C)(C)C2)[C@H]1c1cc(Br)c(OCC(=O)O)c(OC)c1. The number of nitrogens with one attached hydrogen (secondary N) is 1. The van der Waals surface area contributed by atoms with Crippen molar-refractivity contribution >= 4 is 33.7 Å². The maximum atomic E-state index is 13.3. The lowest BCUT2D eigenvalue weighted by Gasteiger charge is -2.39. The highest BCUT2D eigenvalue weighted by atomic mass is 79.9. The normalized spacial score (nSPS) is 19.6. The van der Waals surface area contributed by atoms with Gasteiger partial charge in [0.25, 0.3) is 0 Å². The van der Waals surface area contributed by atoms with Crippen molar-refractivity contribution in [2.24, 2.45) is 5.41 Å². The highest BCUT2D eigenvalue weighted by Gasteiger charge is 2.43. The van der Waals surface area contributed by atoms with Crippen LogP contribution in [0.4, 0.5) is 0 Å². The standard InChI is InChI=1S/C24H28BrNO7/c1-6-32-23(30)19-12(2)26-15-9-24(3,4)10-16(27)21(15)20(19)13-7-14(25)22(17(8-13)31-5)33-11-18(28)29/h7-8,20,26H,6,9-11H2,1-5H3,(H,28,29)/t20-/m0/s1. The predicted octanol–water partition coefficient (Wildman–Crippen LogP) is 4.09. The number of esters is 1. The Morgan fingerprint density at radius 1 is 1.27 bits per heavy atom. The Labute approximate surface area is 201 Å². The van der Waals surface area contributed by atoms with Gasteiger partial charge in [0.15, 0.2) is 23.9 Å². The van der Waals surface area contributed by atoms with Crippen LogP contribution in [0.3, 0.4) is 0 Å². The second-order valence-corrected chi connectivity index (χ2v) is 9.72. The quantitative estimate of drug-likeness (QED) is 0.516. The summed E-state index contributed by atoms with van der Waals surface area (Å²) >= 11 is 3.43. The first-order valence-electron chi connectivity index (χ1n) is 10.6. The average Bonchev–Trinajstić information content (AvgIpc) is 2.70. The van der Waals surface area contributed by atoms with Crippen LogP contribution in [0, 0.1) is 5.41 Å². The van der Waals surface area contributed by atoms with E-state index in [9.17, 15) is 14.4 Å². The van der Waals surface area contributed by atoms with E-state index in [1.165, 1.54) is 7.11 Å². The second kappa shape index (κ2) is 9.59. The van der Waals surface area contributed by atoms with Crippen LogP contribution in [0.25, 0.3) is 0 Å². The summed E-state index contributed by atoms with van der Waals surface area (Å²) in [7, 11) is 1.44. The van der Waals surface area contributed by atoms with E-state index in [1.54, 1.807) is 26.0 Å². The molecular formula is C24H28BrNO7. The molecule has 1 aromatic rings. The molecular weight excluding hydrogens is 494 g/mol. The molecule has 0 fully saturated rings. The number of benzene rings is 1. The minimum absolute atomic E-state index is 0.0330. The van der Waals surface area contributed by atoms with E-state index in [0.717, 1.165) is 5.70 Å². The maximum absolute atomic E-state index is 13.3. The summed E-state index contributed by atoms with van der Waals surface area (Å²) in [5, 5.41) is 12.3. The molecule has 1 aliphatic heterocycles.